The third-order valence-electron chi connectivity index (χ3n) is 2.60. The molecule has 0 aliphatic carbocycles. The number of amides is 1. The SMILES string of the molecule is CC(=O)N(O)C(C)c1cc2cc(F)ccc2o1. The Kier molecular flexibility index (Phi) is 2.85. The molecule has 90 valence electrons. The molecule has 1 aromatic carbocycles. The van der Waals surface area contributed by atoms with Gasteiger partial charge in [-0.2, -0.15) is 0 Å². The fraction of sp³-hybridized carbons (Fsp3) is 0.250. The third-order valence-corrected chi connectivity index (χ3v) is 2.60. The summed E-state index contributed by atoms with van der Waals surface area (Å²) < 4.78 is 18.4. The maximum atomic E-state index is 13.0. The molecule has 2 rings (SSSR count). The molecule has 0 saturated heterocycles. The van der Waals surface area contributed by atoms with E-state index in [4.69, 9.17) is 4.42 Å². The summed E-state index contributed by atoms with van der Waals surface area (Å²) >= 11 is 0. The normalized spacial score (nSPS) is 12.7. The van der Waals surface area contributed by atoms with Crippen LogP contribution in [0, 0.1) is 5.82 Å². The third kappa shape index (κ3) is 2.14. The second kappa shape index (κ2) is 4.18. The van der Waals surface area contributed by atoms with Crippen LogP contribution in [0.2, 0.25) is 0 Å². The highest BCUT2D eigenvalue weighted by molar-refractivity contribution is 5.78. The molecular formula is C12H12FNO3. The average molecular weight is 237 g/mol. The molecule has 1 atom stereocenters. The van der Waals surface area contributed by atoms with Gasteiger partial charge in [0.15, 0.2) is 0 Å². The van der Waals surface area contributed by atoms with Crippen LogP contribution in [0.25, 0.3) is 11.0 Å². The summed E-state index contributed by atoms with van der Waals surface area (Å²) in [4.78, 5) is 11.0. The quantitative estimate of drug-likeness (QED) is 0.645. The molecule has 4 nitrogen and oxygen atoms in total. The fourth-order valence-corrected chi connectivity index (χ4v) is 1.63. The van der Waals surface area contributed by atoms with Crippen molar-refractivity contribution < 1.29 is 18.8 Å². The molecule has 0 fully saturated rings. The summed E-state index contributed by atoms with van der Waals surface area (Å²) in [6.07, 6.45) is 0. The number of furan rings is 1. The molecule has 0 spiro atoms. The van der Waals surface area contributed by atoms with Crippen molar-refractivity contribution in [2.24, 2.45) is 0 Å². The van der Waals surface area contributed by atoms with Crippen molar-refractivity contribution in [1.29, 1.82) is 0 Å². The first-order valence-corrected chi connectivity index (χ1v) is 5.16. The van der Waals surface area contributed by atoms with Crippen LogP contribution in [0.4, 0.5) is 4.39 Å². The summed E-state index contributed by atoms with van der Waals surface area (Å²) in [5.74, 6) is -0.433. The summed E-state index contributed by atoms with van der Waals surface area (Å²) in [7, 11) is 0. The largest absolute Gasteiger partial charge is 0.459 e. The Labute approximate surface area is 97.2 Å². The summed E-state index contributed by atoms with van der Waals surface area (Å²) in [6, 6.07) is 5.14. The summed E-state index contributed by atoms with van der Waals surface area (Å²) in [6.45, 7) is 2.87. The van der Waals surface area contributed by atoms with Gasteiger partial charge in [-0.1, -0.05) is 0 Å². The maximum Gasteiger partial charge on any atom is 0.243 e. The molecular weight excluding hydrogens is 225 g/mol. The zero-order valence-electron chi connectivity index (χ0n) is 9.48. The lowest BCUT2D eigenvalue weighted by Crippen LogP contribution is -2.27. The number of carbonyl (C=O) groups is 1. The second-order valence-corrected chi connectivity index (χ2v) is 3.87. The molecule has 0 aliphatic heterocycles. The number of hydrogen-bond donors (Lipinski definition) is 1. The van der Waals surface area contributed by atoms with Gasteiger partial charge in [0.1, 0.15) is 23.2 Å². The molecule has 1 unspecified atom stereocenters. The van der Waals surface area contributed by atoms with Gasteiger partial charge in [-0.3, -0.25) is 10.0 Å². The predicted molar refractivity (Wildman–Crippen MR) is 58.9 cm³/mol. The van der Waals surface area contributed by atoms with E-state index in [1.54, 1.807) is 13.0 Å². The summed E-state index contributed by atoms with van der Waals surface area (Å²) in [5, 5.41) is 10.7. The minimum absolute atomic E-state index is 0.357. The van der Waals surface area contributed by atoms with E-state index in [9.17, 15) is 14.4 Å². The minimum atomic E-state index is -0.608. The lowest BCUT2D eigenvalue weighted by atomic mass is 10.2. The standard InChI is InChI=1S/C12H12FNO3/c1-7(14(16)8(2)15)12-6-9-5-10(13)3-4-11(9)17-12/h3-7,16H,1-2H3. The first-order chi connectivity index (χ1) is 7.99. The number of hydrogen-bond acceptors (Lipinski definition) is 3. The predicted octanol–water partition coefficient (Wildman–Crippen LogP) is 2.87. The topological polar surface area (TPSA) is 53.7 Å². The van der Waals surface area contributed by atoms with E-state index >= 15 is 0 Å². The monoisotopic (exact) mass is 237 g/mol. The Bertz CT molecular complexity index is 564. The molecule has 1 N–H and O–H groups in total. The fourth-order valence-electron chi connectivity index (χ4n) is 1.63. The van der Waals surface area contributed by atoms with Gasteiger partial charge in [-0.25, -0.2) is 9.45 Å². The van der Waals surface area contributed by atoms with Crippen molar-refractivity contribution >= 4 is 16.9 Å². The lowest BCUT2D eigenvalue weighted by molar-refractivity contribution is -0.173. The van der Waals surface area contributed by atoms with Gasteiger partial charge in [0.05, 0.1) is 0 Å². The molecule has 1 aromatic heterocycles. The van der Waals surface area contributed by atoms with Crippen LogP contribution in [0.3, 0.4) is 0 Å². The zero-order chi connectivity index (χ0) is 12.6. The number of hydroxylamine groups is 2. The van der Waals surface area contributed by atoms with Crippen molar-refractivity contribution in [3.63, 3.8) is 0 Å². The molecule has 2 aromatic rings. The van der Waals surface area contributed by atoms with E-state index in [1.165, 1.54) is 25.1 Å². The van der Waals surface area contributed by atoms with Crippen molar-refractivity contribution in [2.75, 3.05) is 0 Å². The van der Waals surface area contributed by atoms with Crippen molar-refractivity contribution in [3.05, 3.63) is 35.8 Å². The van der Waals surface area contributed by atoms with Gasteiger partial charge in [0.25, 0.3) is 0 Å². The number of benzene rings is 1. The van der Waals surface area contributed by atoms with Crippen LogP contribution in [0.15, 0.2) is 28.7 Å². The van der Waals surface area contributed by atoms with Crippen LogP contribution in [0.1, 0.15) is 25.6 Å². The first-order valence-electron chi connectivity index (χ1n) is 5.16. The molecule has 0 bridgehead atoms. The number of fused-ring (bicyclic) bond motifs is 1. The molecule has 0 saturated carbocycles. The molecule has 1 amide bonds. The first kappa shape index (κ1) is 11.6. The molecule has 0 radical (unpaired) electrons. The van der Waals surface area contributed by atoms with Crippen LogP contribution in [-0.4, -0.2) is 16.2 Å². The average Bonchev–Trinajstić information content (AvgIpc) is 2.69. The maximum absolute atomic E-state index is 13.0. The van der Waals surface area contributed by atoms with Crippen molar-refractivity contribution in [3.8, 4) is 0 Å². The Morgan fingerprint density at radius 1 is 1.47 bits per heavy atom. The van der Waals surface area contributed by atoms with Gasteiger partial charge in [0.2, 0.25) is 5.91 Å². The highest BCUT2D eigenvalue weighted by Crippen LogP contribution is 2.27. The van der Waals surface area contributed by atoms with Gasteiger partial charge >= 0.3 is 0 Å². The molecule has 1 heterocycles. The van der Waals surface area contributed by atoms with Crippen molar-refractivity contribution in [1.82, 2.24) is 5.06 Å². The Hall–Kier alpha value is -1.88. The molecule has 0 aliphatic rings. The van der Waals surface area contributed by atoms with E-state index in [2.05, 4.69) is 0 Å². The zero-order valence-corrected chi connectivity index (χ0v) is 9.48. The Morgan fingerprint density at radius 2 is 2.18 bits per heavy atom. The molecule has 17 heavy (non-hydrogen) atoms. The van der Waals surface area contributed by atoms with Gasteiger partial charge < -0.3 is 4.42 Å². The smallest absolute Gasteiger partial charge is 0.243 e. The van der Waals surface area contributed by atoms with Gasteiger partial charge in [-0.05, 0) is 31.2 Å². The minimum Gasteiger partial charge on any atom is -0.459 e. The summed E-state index contributed by atoms with van der Waals surface area (Å²) in [5.41, 5.74) is 0.519. The van der Waals surface area contributed by atoms with E-state index in [0.717, 1.165) is 0 Å². The Morgan fingerprint density at radius 3 is 2.82 bits per heavy atom. The van der Waals surface area contributed by atoms with E-state index in [0.29, 0.717) is 21.8 Å². The van der Waals surface area contributed by atoms with E-state index < -0.39 is 11.9 Å². The lowest BCUT2D eigenvalue weighted by Gasteiger charge is -2.18. The van der Waals surface area contributed by atoms with Gasteiger partial charge in [0, 0.05) is 12.3 Å². The van der Waals surface area contributed by atoms with Gasteiger partial charge in [-0.15, -0.1) is 0 Å². The number of rotatable bonds is 2. The van der Waals surface area contributed by atoms with E-state index in [1.807, 2.05) is 0 Å². The molecule has 5 heteroatoms. The van der Waals surface area contributed by atoms with Crippen LogP contribution in [0.5, 0.6) is 0 Å². The highest BCUT2D eigenvalue weighted by atomic mass is 19.1. The highest BCUT2D eigenvalue weighted by Gasteiger charge is 2.20. The second-order valence-electron chi connectivity index (χ2n) is 3.87. The Balaban J connectivity index is 2.39. The van der Waals surface area contributed by atoms with Crippen LogP contribution >= 0.6 is 0 Å². The number of carbonyl (C=O) groups excluding carboxylic acids is 1. The van der Waals surface area contributed by atoms with Crippen molar-refractivity contribution in [2.45, 2.75) is 19.9 Å². The van der Waals surface area contributed by atoms with E-state index in [-0.39, 0.29) is 5.82 Å². The number of nitrogens with zero attached hydrogens (tertiary/aromatic N) is 1. The van der Waals surface area contributed by atoms with Crippen LogP contribution in [-0.2, 0) is 4.79 Å². The number of halogens is 1. The van der Waals surface area contributed by atoms with Crippen LogP contribution < -0.4 is 0 Å².